The second-order valence-corrected chi connectivity index (χ2v) is 20.5. The Morgan fingerprint density at radius 2 is 1.18 bits per heavy atom. The van der Waals surface area contributed by atoms with Gasteiger partial charge in [-0.1, -0.05) is 197 Å². The normalized spacial score (nSPS) is 28.0. The van der Waals surface area contributed by atoms with Crippen LogP contribution in [0.25, 0.3) is 83.4 Å². The molecule has 0 aliphatic heterocycles. The van der Waals surface area contributed by atoms with Crippen molar-refractivity contribution in [3.8, 4) is 62.1 Å². The van der Waals surface area contributed by atoms with E-state index in [4.69, 9.17) is 49.5 Å². The number of hydrogen-bond donors (Lipinski definition) is 0. The molecule has 0 saturated heterocycles. The van der Waals surface area contributed by atoms with Crippen molar-refractivity contribution in [3.63, 3.8) is 0 Å². The van der Waals surface area contributed by atoms with Crippen molar-refractivity contribution in [2.24, 2.45) is 0 Å². The Balaban J connectivity index is 1.25. The summed E-state index contributed by atoms with van der Waals surface area (Å²) in [6.45, 7) is -30.9. The molecule has 11 aromatic rings. The van der Waals surface area contributed by atoms with Gasteiger partial charge in [0.25, 0.3) is 6.33 Å². The number of aromatic nitrogens is 4. The quantitative estimate of drug-likeness (QED) is 0.112. The fourth-order valence-corrected chi connectivity index (χ4v) is 10.1. The lowest BCUT2D eigenvalue weighted by molar-refractivity contribution is -0.571. The van der Waals surface area contributed by atoms with Crippen LogP contribution >= 0.6 is 0 Å². The van der Waals surface area contributed by atoms with E-state index in [-0.39, 0.29) is 33.7 Å². The molecule has 0 radical (unpaired) electrons. The predicted molar refractivity (Wildman–Crippen MR) is 328 cm³/mol. The largest absolute Gasteiger partial charge is 0.458 e. The topological polar surface area (TPSA) is 35.9 Å². The van der Waals surface area contributed by atoms with Gasteiger partial charge in [0.2, 0.25) is 0 Å². The maximum Gasteiger partial charge on any atom is 0.269 e. The monoisotopic (exact) mass is 1080 g/mol. The molecule has 13 rings (SSSR count). The molecule has 0 saturated carbocycles. The molecule has 2 aliphatic rings. The Hall–Kier alpha value is -8.02. The molecule has 0 spiro atoms. The average Bonchev–Trinajstić information content (AvgIpc) is 0.675. The Labute approximate surface area is 527 Å². The number of ether oxygens (including phenoxy) is 1. The molecule has 394 valence electrons. The molecule has 0 amide bonds. The lowest BCUT2D eigenvalue weighted by atomic mass is 9.62. The molecule has 3 aromatic heterocycles. The van der Waals surface area contributed by atoms with E-state index in [0.29, 0.717) is 11.3 Å². The van der Waals surface area contributed by atoms with Gasteiger partial charge in [0.1, 0.15) is 17.3 Å². The minimum atomic E-state index is -4.93. The number of hydrogen-bond acceptors (Lipinski definition) is 2. The van der Waals surface area contributed by atoms with Crippen molar-refractivity contribution in [3.05, 3.63) is 222 Å². The van der Waals surface area contributed by atoms with Gasteiger partial charge in [0.05, 0.1) is 48.5 Å². The highest BCUT2D eigenvalue weighted by Crippen LogP contribution is 2.50. The van der Waals surface area contributed by atoms with Crippen LogP contribution in [0.2, 0.25) is 0 Å². The molecular weight excluding hydrogens is 961 g/mol. The second kappa shape index (κ2) is 18.3. The number of nitrogens with zero attached hydrogens (tertiary/aromatic N) is 4. The standard InChI is InChI=1S/C74H72N4O/c1-70(2,3)52-35-40-75-68(44-52)78-64-26-16-15-23-58(64)59-31-30-55(46-66(59)78)79-54-22-17-21-53(45-54)76-47-77(65-34-29-49(43-67(65)76)48-19-13-12-14-20-48)69-56(50-27-32-60-62(41-50)73(8,9)38-36-71(60,4)5)24-18-25-57(69)51-28-33-61-63(42-51)74(10,11)39-37-72(61,6)7/h12-35,40-46H,36-39H2,1-11H3/i4D3,5D3,6D3,7D3,8D3,9D3,10D3,11D3,12D,13D,14D,19D,20D,27D,28D,32D,33D,36D2,37D2,38D2,39D2,41D,42D. The Kier molecular flexibility index (Phi) is 5.07. The van der Waals surface area contributed by atoms with E-state index in [0.717, 1.165) is 61.3 Å². The van der Waals surface area contributed by atoms with Crippen LogP contribution in [-0.2, 0) is 27.1 Å². The summed E-state index contributed by atoms with van der Waals surface area (Å²) in [5, 5.41) is 1.59. The molecule has 79 heavy (non-hydrogen) atoms. The highest BCUT2D eigenvalue weighted by molar-refractivity contribution is 6.09. The van der Waals surface area contributed by atoms with E-state index in [1.54, 1.807) is 24.4 Å². The van der Waals surface area contributed by atoms with Crippen LogP contribution in [0.4, 0.5) is 0 Å². The van der Waals surface area contributed by atoms with Gasteiger partial charge in [-0.2, -0.15) is 0 Å². The minimum Gasteiger partial charge on any atom is -0.458 e. The first-order chi connectivity index (χ1) is 55.4. The van der Waals surface area contributed by atoms with Gasteiger partial charge in [0, 0.05) is 66.9 Å². The molecule has 3 heterocycles. The molecule has 0 bridgehead atoms. The number of pyridine rings is 1. The van der Waals surface area contributed by atoms with Gasteiger partial charge in [-0.15, -0.1) is 0 Å². The van der Waals surface area contributed by atoms with Crippen LogP contribution in [-0.4, -0.2) is 14.1 Å². The highest BCUT2D eigenvalue weighted by atomic mass is 16.5. The van der Waals surface area contributed by atoms with Gasteiger partial charge in [0.15, 0.2) is 0 Å². The third-order valence-electron chi connectivity index (χ3n) is 14.0. The Bertz CT molecular complexity index is 5940. The van der Waals surface area contributed by atoms with Gasteiger partial charge < -0.3 is 4.74 Å². The van der Waals surface area contributed by atoms with Gasteiger partial charge in [-0.25, -0.2) is 4.98 Å². The summed E-state index contributed by atoms with van der Waals surface area (Å²) in [5.74, 6) is 0.727. The smallest absolute Gasteiger partial charge is 0.269 e. The maximum absolute atomic E-state index is 10.5. The van der Waals surface area contributed by atoms with Crippen LogP contribution in [0.3, 0.4) is 0 Å². The molecule has 5 nitrogen and oxygen atoms in total. The fraction of sp³-hybridized carbons (Fsp3) is 0.270. The van der Waals surface area contributed by atoms with E-state index < -0.39 is 230 Å². The third kappa shape index (κ3) is 8.68. The third-order valence-corrected chi connectivity index (χ3v) is 14.0. The summed E-state index contributed by atoms with van der Waals surface area (Å²) < 4.78 is 410. The lowest BCUT2D eigenvalue weighted by Crippen LogP contribution is -2.34. The fourth-order valence-electron chi connectivity index (χ4n) is 10.1. The zero-order chi connectivity index (χ0) is 91.5. The SMILES string of the molecule is [2H]c1c([2H])c([2H])c(-c2ccc3c(c2)n(-c2cccc(Oc4ccc5c6ccccc6n(-c6cc(C(C)(C)C)ccn6)c5c4)c2)[c-][n+]3-c2c(-c3c([2H])c([2H])c4c(c3[2H])C(C([2H])([2H])[2H])(C([2H])([2H])[2H])C([2H])([2H])C([2H])([2H])C4(C([2H])([2H])[2H])C([2H])([2H])[2H])cccc2-c2c([2H])c([2H])c3c(c2[2H])C(C([2H])([2H])[2H])(C([2H])([2H])[2H])C([2H])([2H])C([2H])([2H])C3(C([2H])([2H])[2H])C([2H])([2H])[2H])c([2H])c1[2H]. The summed E-state index contributed by atoms with van der Waals surface area (Å²) in [5.41, 5.74) is -32.4. The first kappa shape index (κ1) is 21.9. The molecule has 0 unspecified atom stereocenters. The second-order valence-electron chi connectivity index (χ2n) is 20.5. The first-order valence-corrected chi connectivity index (χ1v) is 24.7. The van der Waals surface area contributed by atoms with E-state index in [1.807, 2.05) is 61.7 Å². The van der Waals surface area contributed by atoms with E-state index in [9.17, 15) is 19.2 Å². The summed E-state index contributed by atoms with van der Waals surface area (Å²) in [6.07, 6.45) is -14.9. The van der Waals surface area contributed by atoms with Crippen LogP contribution in [0.1, 0.15) is 188 Å². The number of benzene rings is 8. The van der Waals surface area contributed by atoms with Crippen molar-refractivity contribution >= 4 is 32.8 Å². The molecule has 0 fully saturated rings. The molecule has 5 heteroatoms. The van der Waals surface area contributed by atoms with Crippen molar-refractivity contribution in [1.82, 2.24) is 14.1 Å². The van der Waals surface area contributed by atoms with Gasteiger partial charge >= 0.3 is 0 Å². The Morgan fingerprint density at radius 1 is 0.557 bits per heavy atom. The van der Waals surface area contributed by atoms with Crippen LogP contribution < -0.4 is 9.30 Å². The Morgan fingerprint density at radius 3 is 1.84 bits per heavy atom. The van der Waals surface area contributed by atoms with Crippen molar-refractivity contribution in [2.75, 3.05) is 0 Å². The van der Waals surface area contributed by atoms with Crippen LogP contribution in [0.15, 0.2) is 188 Å². The molecule has 8 aromatic carbocycles. The minimum absolute atomic E-state index is 0.00524. The molecule has 2 aliphatic carbocycles. The number of para-hydroxylation sites is 2. The molecular formula is C74H72N4O. The summed E-state index contributed by atoms with van der Waals surface area (Å²) in [6, 6.07) is 13.1. The van der Waals surface area contributed by atoms with Crippen molar-refractivity contribution < 1.29 is 68.2 Å². The zero-order valence-electron chi connectivity index (χ0n) is 85.2. The van der Waals surface area contributed by atoms with Crippen molar-refractivity contribution in [2.45, 2.75) is 128 Å². The molecule has 0 N–H and O–H groups in total. The van der Waals surface area contributed by atoms with Crippen LogP contribution in [0.5, 0.6) is 11.5 Å². The summed E-state index contributed by atoms with van der Waals surface area (Å²) in [7, 11) is 0. The highest BCUT2D eigenvalue weighted by Gasteiger charge is 2.39. The van der Waals surface area contributed by atoms with Gasteiger partial charge in [-0.05, 0) is 168 Å². The van der Waals surface area contributed by atoms with E-state index in [1.165, 1.54) is 30.3 Å². The summed E-state index contributed by atoms with van der Waals surface area (Å²) in [4.78, 5) is 4.77. The van der Waals surface area contributed by atoms with Crippen molar-refractivity contribution in [1.29, 1.82) is 0 Å². The maximum atomic E-state index is 10.5. The van der Waals surface area contributed by atoms with E-state index >= 15 is 0 Å². The number of imidazole rings is 1. The van der Waals surface area contributed by atoms with Gasteiger partial charge in [-0.3, -0.25) is 13.7 Å². The average molecular weight is 1080 g/mol. The summed E-state index contributed by atoms with van der Waals surface area (Å²) >= 11 is 0. The first-order valence-electron chi connectivity index (χ1n) is 46.2. The van der Waals surface area contributed by atoms with Crippen LogP contribution in [0, 0.1) is 6.33 Å². The number of rotatable bonds is 8. The predicted octanol–water partition coefficient (Wildman–Crippen LogP) is 19.0. The lowest BCUT2D eigenvalue weighted by Gasteiger charge is -2.42. The molecule has 0 atom stereocenters. The number of fused-ring (bicyclic) bond motifs is 6. The van der Waals surface area contributed by atoms with E-state index in [2.05, 4.69) is 6.33 Å². The zero-order valence-corrected chi connectivity index (χ0v) is 42.2.